The van der Waals surface area contributed by atoms with Gasteiger partial charge in [-0.25, -0.2) is 4.98 Å². The SMILES string of the molecule is Cc1ccc(-c2csc(NC(=O)[C@@H](C)Oc3ccccc3)n2)o1. The molecule has 2 aromatic heterocycles. The van der Waals surface area contributed by atoms with Gasteiger partial charge in [0.1, 0.15) is 17.2 Å². The van der Waals surface area contributed by atoms with Crippen molar-refractivity contribution in [2.75, 3.05) is 5.32 Å². The first-order chi connectivity index (χ1) is 11.1. The number of para-hydroxylation sites is 1. The van der Waals surface area contributed by atoms with Gasteiger partial charge in [-0.3, -0.25) is 10.1 Å². The maximum atomic E-state index is 12.2. The van der Waals surface area contributed by atoms with Gasteiger partial charge in [0.15, 0.2) is 17.0 Å². The average molecular weight is 328 g/mol. The number of rotatable bonds is 5. The minimum Gasteiger partial charge on any atom is -0.481 e. The monoisotopic (exact) mass is 328 g/mol. The molecule has 23 heavy (non-hydrogen) atoms. The summed E-state index contributed by atoms with van der Waals surface area (Å²) < 4.78 is 11.1. The number of hydrogen-bond acceptors (Lipinski definition) is 5. The highest BCUT2D eigenvalue weighted by Gasteiger charge is 2.17. The van der Waals surface area contributed by atoms with Crippen molar-refractivity contribution in [2.24, 2.45) is 0 Å². The molecule has 3 rings (SSSR count). The summed E-state index contributed by atoms with van der Waals surface area (Å²) in [5.41, 5.74) is 0.704. The summed E-state index contributed by atoms with van der Waals surface area (Å²) in [7, 11) is 0. The predicted octanol–water partition coefficient (Wildman–Crippen LogP) is 4.12. The molecule has 0 saturated carbocycles. The van der Waals surface area contributed by atoms with E-state index >= 15 is 0 Å². The number of nitrogens with one attached hydrogen (secondary N) is 1. The first-order valence-electron chi connectivity index (χ1n) is 7.17. The molecule has 1 amide bonds. The standard InChI is InChI=1S/C17H16N2O3S/c1-11-8-9-15(21-11)14-10-23-17(18-14)19-16(20)12(2)22-13-6-4-3-5-7-13/h3-10,12H,1-2H3,(H,18,19,20)/t12-/m1/s1. The number of anilines is 1. The highest BCUT2D eigenvalue weighted by molar-refractivity contribution is 7.14. The van der Waals surface area contributed by atoms with E-state index in [1.807, 2.05) is 54.8 Å². The fourth-order valence-electron chi connectivity index (χ4n) is 1.98. The van der Waals surface area contributed by atoms with Crippen molar-refractivity contribution in [3.05, 3.63) is 53.6 Å². The number of carbonyl (C=O) groups excluding carboxylic acids is 1. The lowest BCUT2D eigenvalue weighted by Gasteiger charge is -2.13. The number of carbonyl (C=O) groups is 1. The van der Waals surface area contributed by atoms with Crippen LogP contribution in [0.25, 0.3) is 11.5 Å². The second-order valence-corrected chi connectivity index (χ2v) is 5.87. The van der Waals surface area contributed by atoms with E-state index in [1.165, 1.54) is 11.3 Å². The second kappa shape index (κ2) is 6.66. The molecule has 0 aliphatic heterocycles. The van der Waals surface area contributed by atoms with E-state index in [0.29, 0.717) is 22.3 Å². The number of amides is 1. The molecule has 6 heteroatoms. The zero-order valence-corrected chi connectivity index (χ0v) is 13.6. The Labute approximate surface area is 137 Å². The quantitative estimate of drug-likeness (QED) is 0.765. The lowest BCUT2D eigenvalue weighted by Crippen LogP contribution is -2.30. The first kappa shape index (κ1) is 15.3. The van der Waals surface area contributed by atoms with Crippen LogP contribution in [0.4, 0.5) is 5.13 Å². The van der Waals surface area contributed by atoms with E-state index in [1.54, 1.807) is 6.92 Å². The van der Waals surface area contributed by atoms with Crippen molar-refractivity contribution in [3.63, 3.8) is 0 Å². The molecular weight excluding hydrogens is 312 g/mol. The highest BCUT2D eigenvalue weighted by Crippen LogP contribution is 2.26. The molecule has 0 saturated heterocycles. The van der Waals surface area contributed by atoms with E-state index in [-0.39, 0.29) is 5.91 Å². The summed E-state index contributed by atoms with van der Waals surface area (Å²) in [4.78, 5) is 16.5. The molecule has 0 aliphatic rings. The molecule has 3 aromatic rings. The smallest absolute Gasteiger partial charge is 0.266 e. The van der Waals surface area contributed by atoms with Gasteiger partial charge in [0, 0.05) is 5.38 Å². The summed E-state index contributed by atoms with van der Waals surface area (Å²) in [5, 5.41) is 5.12. The van der Waals surface area contributed by atoms with Gasteiger partial charge in [0.05, 0.1) is 0 Å². The van der Waals surface area contributed by atoms with Crippen molar-refractivity contribution in [3.8, 4) is 17.2 Å². The van der Waals surface area contributed by atoms with Crippen LogP contribution >= 0.6 is 11.3 Å². The molecule has 0 spiro atoms. The molecule has 1 atom stereocenters. The zero-order chi connectivity index (χ0) is 16.2. The molecule has 1 aromatic carbocycles. The van der Waals surface area contributed by atoms with Crippen LogP contribution in [0.3, 0.4) is 0 Å². The van der Waals surface area contributed by atoms with Gasteiger partial charge in [-0.2, -0.15) is 0 Å². The number of aromatic nitrogens is 1. The number of ether oxygens (including phenoxy) is 1. The highest BCUT2D eigenvalue weighted by atomic mass is 32.1. The summed E-state index contributed by atoms with van der Waals surface area (Å²) in [6.45, 7) is 3.58. The van der Waals surface area contributed by atoms with Gasteiger partial charge in [-0.1, -0.05) is 18.2 Å². The van der Waals surface area contributed by atoms with Crippen molar-refractivity contribution >= 4 is 22.4 Å². The van der Waals surface area contributed by atoms with Gasteiger partial charge < -0.3 is 9.15 Å². The Hall–Kier alpha value is -2.60. The van der Waals surface area contributed by atoms with E-state index in [9.17, 15) is 4.79 Å². The van der Waals surface area contributed by atoms with E-state index < -0.39 is 6.10 Å². The molecular formula is C17H16N2O3S. The summed E-state index contributed by atoms with van der Waals surface area (Å²) >= 11 is 1.35. The summed E-state index contributed by atoms with van der Waals surface area (Å²) in [6.07, 6.45) is -0.615. The normalized spacial score (nSPS) is 11.9. The minimum absolute atomic E-state index is 0.245. The summed E-state index contributed by atoms with van der Waals surface area (Å²) in [6, 6.07) is 13.0. The van der Waals surface area contributed by atoms with Gasteiger partial charge >= 0.3 is 0 Å². The number of nitrogens with zero attached hydrogens (tertiary/aromatic N) is 1. The Morgan fingerprint density at radius 3 is 2.74 bits per heavy atom. The van der Waals surface area contributed by atoms with Crippen molar-refractivity contribution in [1.82, 2.24) is 4.98 Å². The lowest BCUT2D eigenvalue weighted by atomic mass is 10.3. The number of aryl methyl sites for hydroxylation is 1. The van der Waals surface area contributed by atoms with E-state index in [2.05, 4.69) is 10.3 Å². The van der Waals surface area contributed by atoms with Crippen LogP contribution in [0.1, 0.15) is 12.7 Å². The predicted molar refractivity (Wildman–Crippen MR) is 89.7 cm³/mol. The molecule has 5 nitrogen and oxygen atoms in total. The summed E-state index contributed by atoms with van der Waals surface area (Å²) in [5.74, 6) is 1.92. The van der Waals surface area contributed by atoms with Crippen molar-refractivity contribution in [2.45, 2.75) is 20.0 Å². The van der Waals surface area contributed by atoms with Crippen LogP contribution in [0.15, 0.2) is 52.3 Å². The molecule has 0 radical (unpaired) electrons. The molecule has 0 unspecified atom stereocenters. The second-order valence-electron chi connectivity index (χ2n) is 5.01. The Morgan fingerprint density at radius 1 is 1.26 bits per heavy atom. The molecule has 0 bridgehead atoms. The number of benzene rings is 1. The van der Waals surface area contributed by atoms with Crippen LogP contribution < -0.4 is 10.1 Å². The topological polar surface area (TPSA) is 64.4 Å². The third-order valence-corrected chi connectivity index (χ3v) is 3.91. The molecule has 2 heterocycles. The van der Waals surface area contributed by atoms with Gasteiger partial charge in [0.2, 0.25) is 0 Å². The Morgan fingerprint density at radius 2 is 2.04 bits per heavy atom. The van der Waals surface area contributed by atoms with Gasteiger partial charge in [-0.15, -0.1) is 11.3 Å². The van der Waals surface area contributed by atoms with Crippen LogP contribution in [0, 0.1) is 6.92 Å². The molecule has 0 fully saturated rings. The fourth-order valence-corrected chi connectivity index (χ4v) is 2.68. The Kier molecular flexibility index (Phi) is 4.43. The maximum Gasteiger partial charge on any atom is 0.266 e. The third-order valence-electron chi connectivity index (χ3n) is 3.15. The van der Waals surface area contributed by atoms with Crippen LogP contribution in [0.5, 0.6) is 5.75 Å². The molecule has 118 valence electrons. The average Bonchev–Trinajstić information content (AvgIpc) is 3.17. The lowest BCUT2D eigenvalue weighted by molar-refractivity contribution is -0.122. The third kappa shape index (κ3) is 3.78. The first-order valence-corrected chi connectivity index (χ1v) is 8.04. The Balaban J connectivity index is 1.63. The Bertz CT molecular complexity index is 795. The van der Waals surface area contributed by atoms with Crippen molar-refractivity contribution in [1.29, 1.82) is 0 Å². The van der Waals surface area contributed by atoms with E-state index in [0.717, 1.165) is 5.76 Å². The van der Waals surface area contributed by atoms with Gasteiger partial charge in [0.25, 0.3) is 5.91 Å². The van der Waals surface area contributed by atoms with Crippen LogP contribution in [0.2, 0.25) is 0 Å². The number of hydrogen-bond donors (Lipinski definition) is 1. The van der Waals surface area contributed by atoms with Crippen LogP contribution in [-0.4, -0.2) is 17.0 Å². The fraction of sp³-hybridized carbons (Fsp3) is 0.176. The maximum absolute atomic E-state index is 12.2. The minimum atomic E-state index is -0.615. The van der Waals surface area contributed by atoms with Gasteiger partial charge in [-0.05, 0) is 38.1 Å². The number of furan rings is 1. The van der Waals surface area contributed by atoms with Crippen molar-refractivity contribution < 1.29 is 13.9 Å². The van der Waals surface area contributed by atoms with Crippen LogP contribution in [-0.2, 0) is 4.79 Å². The largest absolute Gasteiger partial charge is 0.481 e. The molecule has 0 aliphatic carbocycles. The molecule has 1 N–H and O–H groups in total. The zero-order valence-electron chi connectivity index (χ0n) is 12.8. The van der Waals surface area contributed by atoms with E-state index in [4.69, 9.17) is 9.15 Å². The number of thiazole rings is 1.